The van der Waals surface area contributed by atoms with Crippen molar-refractivity contribution in [2.75, 3.05) is 7.11 Å². The van der Waals surface area contributed by atoms with Gasteiger partial charge in [0.1, 0.15) is 11.7 Å². The van der Waals surface area contributed by atoms with Gasteiger partial charge in [0.05, 0.1) is 7.11 Å². The van der Waals surface area contributed by atoms with Crippen LogP contribution in [0.2, 0.25) is 0 Å². The van der Waals surface area contributed by atoms with Crippen molar-refractivity contribution in [1.82, 2.24) is 10.4 Å². The molecule has 1 aliphatic heterocycles. The molecule has 0 radical (unpaired) electrons. The fraction of sp³-hybridized carbons (Fsp3) is 0.182. The van der Waals surface area contributed by atoms with Crippen LogP contribution < -0.4 is 10.1 Å². The van der Waals surface area contributed by atoms with Gasteiger partial charge in [0, 0.05) is 5.56 Å². The highest BCUT2D eigenvalue weighted by atomic mass is 16.5. The molecule has 1 aliphatic rings. The fourth-order valence-corrected chi connectivity index (χ4v) is 1.74. The number of imide groups is 2. The highest BCUT2D eigenvalue weighted by Crippen LogP contribution is 2.29. The van der Waals surface area contributed by atoms with Crippen LogP contribution in [0.3, 0.4) is 0 Å². The summed E-state index contributed by atoms with van der Waals surface area (Å²) >= 11 is 0. The van der Waals surface area contributed by atoms with E-state index >= 15 is 0 Å². The van der Waals surface area contributed by atoms with Gasteiger partial charge in [0.25, 0.3) is 5.91 Å². The largest absolute Gasteiger partial charge is 0.496 e. The standard InChI is InChI=1S/C11H10N2O5/c1-18-7-5-3-2-4-6(7)8-9(14)12-11(16)13(17)10(8)15/h2-5,8,17H,1H3,(H,12,14,16). The molecule has 1 unspecified atom stereocenters. The monoisotopic (exact) mass is 250 g/mol. The Morgan fingerprint density at radius 3 is 2.61 bits per heavy atom. The van der Waals surface area contributed by atoms with E-state index in [0.717, 1.165) is 0 Å². The van der Waals surface area contributed by atoms with Crippen molar-refractivity contribution in [3.63, 3.8) is 0 Å². The lowest BCUT2D eigenvalue weighted by atomic mass is 9.95. The number of rotatable bonds is 2. The van der Waals surface area contributed by atoms with Crippen LogP contribution in [0, 0.1) is 0 Å². The number of nitrogens with one attached hydrogen (secondary N) is 1. The molecule has 7 nitrogen and oxygen atoms in total. The van der Waals surface area contributed by atoms with E-state index in [1.807, 2.05) is 5.32 Å². The van der Waals surface area contributed by atoms with E-state index in [1.54, 1.807) is 18.2 Å². The van der Waals surface area contributed by atoms with E-state index in [2.05, 4.69) is 0 Å². The third-order valence-electron chi connectivity index (χ3n) is 2.59. The summed E-state index contributed by atoms with van der Waals surface area (Å²) in [7, 11) is 1.39. The van der Waals surface area contributed by atoms with Crippen molar-refractivity contribution in [3.8, 4) is 5.75 Å². The fourth-order valence-electron chi connectivity index (χ4n) is 1.74. The van der Waals surface area contributed by atoms with Gasteiger partial charge >= 0.3 is 6.03 Å². The normalized spacial score (nSPS) is 19.8. The maximum Gasteiger partial charge on any atom is 0.355 e. The Morgan fingerprint density at radius 1 is 1.28 bits per heavy atom. The van der Waals surface area contributed by atoms with Gasteiger partial charge in [0.15, 0.2) is 0 Å². The van der Waals surface area contributed by atoms with Gasteiger partial charge in [-0.05, 0) is 6.07 Å². The van der Waals surface area contributed by atoms with E-state index in [0.29, 0.717) is 5.75 Å². The van der Waals surface area contributed by atoms with Crippen molar-refractivity contribution in [3.05, 3.63) is 29.8 Å². The van der Waals surface area contributed by atoms with Crippen LogP contribution in [-0.4, -0.2) is 35.2 Å². The summed E-state index contributed by atoms with van der Waals surface area (Å²) in [6.45, 7) is 0. The zero-order chi connectivity index (χ0) is 13.3. The lowest BCUT2D eigenvalue weighted by molar-refractivity contribution is -0.160. The number of carbonyl (C=O) groups excluding carboxylic acids is 3. The smallest absolute Gasteiger partial charge is 0.355 e. The average molecular weight is 250 g/mol. The van der Waals surface area contributed by atoms with Gasteiger partial charge in [-0.2, -0.15) is 0 Å². The second-order valence-electron chi connectivity index (χ2n) is 3.62. The Bertz CT molecular complexity index is 528. The number of nitrogens with zero attached hydrogens (tertiary/aromatic N) is 1. The maximum absolute atomic E-state index is 11.8. The lowest BCUT2D eigenvalue weighted by Gasteiger charge is -2.26. The Labute approximate surface area is 102 Å². The first-order valence-corrected chi connectivity index (χ1v) is 5.07. The molecule has 2 N–H and O–H groups in total. The Hall–Kier alpha value is -2.41. The number of amides is 4. The molecular weight excluding hydrogens is 240 g/mol. The van der Waals surface area contributed by atoms with E-state index < -0.39 is 23.8 Å². The molecule has 1 fully saturated rings. The number of barbiturate groups is 1. The molecule has 1 atom stereocenters. The number of methoxy groups -OCH3 is 1. The van der Waals surface area contributed by atoms with Crippen LogP contribution in [0.5, 0.6) is 5.75 Å². The maximum atomic E-state index is 11.8. The SMILES string of the molecule is COc1ccccc1C1C(=O)NC(=O)N(O)C1=O. The van der Waals surface area contributed by atoms with Crippen LogP contribution >= 0.6 is 0 Å². The number of para-hydroxylation sites is 1. The first kappa shape index (κ1) is 12.1. The molecule has 7 heteroatoms. The van der Waals surface area contributed by atoms with Gasteiger partial charge in [-0.25, -0.2) is 4.79 Å². The number of carbonyl (C=O) groups is 3. The van der Waals surface area contributed by atoms with Crippen LogP contribution in [0.25, 0.3) is 0 Å². The summed E-state index contributed by atoms with van der Waals surface area (Å²) < 4.78 is 5.04. The molecule has 2 rings (SSSR count). The number of hydrogen-bond donors (Lipinski definition) is 2. The van der Waals surface area contributed by atoms with Gasteiger partial charge in [-0.3, -0.25) is 20.1 Å². The number of hydroxylamine groups is 2. The summed E-state index contributed by atoms with van der Waals surface area (Å²) in [5, 5.41) is 11.0. The molecule has 18 heavy (non-hydrogen) atoms. The topological polar surface area (TPSA) is 95.9 Å². The predicted molar refractivity (Wildman–Crippen MR) is 57.9 cm³/mol. The minimum Gasteiger partial charge on any atom is -0.496 e. The lowest BCUT2D eigenvalue weighted by Crippen LogP contribution is -2.55. The Balaban J connectivity index is 2.46. The van der Waals surface area contributed by atoms with Crippen molar-refractivity contribution in [1.29, 1.82) is 0 Å². The van der Waals surface area contributed by atoms with Crippen LogP contribution in [0.15, 0.2) is 24.3 Å². The molecule has 0 aliphatic carbocycles. The molecule has 4 amide bonds. The highest BCUT2D eigenvalue weighted by Gasteiger charge is 2.42. The van der Waals surface area contributed by atoms with Crippen molar-refractivity contribution < 1.29 is 24.3 Å². The summed E-state index contributed by atoms with van der Waals surface area (Å²) in [5.41, 5.74) is 0.286. The van der Waals surface area contributed by atoms with E-state index in [9.17, 15) is 19.6 Å². The summed E-state index contributed by atoms with van der Waals surface area (Å²) in [6.07, 6.45) is 0. The van der Waals surface area contributed by atoms with Gasteiger partial charge in [0.2, 0.25) is 5.91 Å². The summed E-state index contributed by atoms with van der Waals surface area (Å²) in [5.74, 6) is -2.77. The van der Waals surface area contributed by atoms with Crippen molar-refractivity contribution in [2.45, 2.75) is 5.92 Å². The molecule has 0 bridgehead atoms. The molecule has 1 aromatic rings. The van der Waals surface area contributed by atoms with Gasteiger partial charge in [-0.1, -0.05) is 18.2 Å². The summed E-state index contributed by atoms with van der Waals surface area (Å²) in [4.78, 5) is 34.5. The average Bonchev–Trinajstić information content (AvgIpc) is 2.37. The highest BCUT2D eigenvalue weighted by molar-refractivity contribution is 6.18. The van der Waals surface area contributed by atoms with Crippen molar-refractivity contribution in [2.24, 2.45) is 0 Å². The van der Waals surface area contributed by atoms with E-state index in [-0.39, 0.29) is 10.6 Å². The first-order chi connectivity index (χ1) is 8.56. The zero-order valence-electron chi connectivity index (χ0n) is 9.41. The van der Waals surface area contributed by atoms with E-state index in [4.69, 9.17) is 4.74 Å². The van der Waals surface area contributed by atoms with Gasteiger partial charge in [-0.15, -0.1) is 5.06 Å². The van der Waals surface area contributed by atoms with Crippen molar-refractivity contribution >= 4 is 17.8 Å². The van der Waals surface area contributed by atoms with Crippen LogP contribution in [-0.2, 0) is 9.59 Å². The first-order valence-electron chi connectivity index (χ1n) is 5.07. The molecule has 1 aromatic carbocycles. The molecular formula is C11H10N2O5. The quantitative estimate of drug-likeness (QED) is 0.579. The molecule has 0 aromatic heterocycles. The minimum atomic E-state index is -1.30. The van der Waals surface area contributed by atoms with E-state index in [1.165, 1.54) is 13.2 Å². The Morgan fingerprint density at radius 2 is 1.94 bits per heavy atom. The Kier molecular flexibility index (Phi) is 2.99. The molecule has 1 heterocycles. The number of benzene rings is 1. The van der Waals surface area contributed by atoms with Crippen LogP contribution in [0.4, 0.5) is 4.79 Å². The molecule has 0 spiro atoms. The minimum absolute atomic E-state index is 0.113. The second-order valence-corrected chi connectivity index (χ2v) is 3.62. The molecule has 1 saturated heterocycles. The predicted octanol–water partition coefficient (Wildman–Crippen LogP) is 0.246. The van der Waals surface area contributed by atoms with Gasteiger partial charge < -0.3 is 4.74 Å². The molecule has 94 valence electrons. The third-order valence-corrected chi connectivity index (χ3v) is 2.59. The zero-order valence-corrected chi connectivity index (χ0v) is 9.41. The number of ether oxygens (including phenoxy) is 1. The number of urea groups is 1. The van der Waals surface area contributed by atoms with Crippen LogP contribution in [0.1, 0.15) is 11.5 Å². The third kappa shape index (κ3) is 1.80. The number of hydrogen-bond acceptors (Lipinski definition) is 5. The second kappa shape index (κ2) is 4.46. The molecule has 0 saturated carbocycles. The summed E-state index contributed by atoms with van der Waals surface area (Å²) in [6, 6.07) is 5.24.